The topological polar surface area (TPSA) is 24.5 Å². The molecule has 1 aromatic rings. The molecule has 0 spiro atoms. The van der Waals surface area contributed by atoms with E-state index in [0.29, 0.717) is 6.61 Å². The van der Waals surface area contributed by atoms with E-state index in [0.717, 1.165) is 26.2 Å². The Bertz CT molecular complexity index is 324. The fraction of sp³-hybridized carbons (Fsp3) is 0.625. The molecule has 19 heavy (non-hydrogen) atoms. The zero-order valence-corrected chi connectivity index (χ0v) is 12.6. The summed E-state index contributed by atoms with van der Waals surface area (Å²) in [5.74, 6) is 0. The van der Waals surface area contributed by atoms with Crippen LogP contribution in [0.15, 0.2) is 24.3 Å². The summed E-state index contributed by atoms with van der Waals surface area (Å²) in [7, 11) is 1.73. The van der Waals surface area contributed by atoms with Crippen molar-refractivity contribution in [2.45, 2.75) is 33.4 Å². The van der Waals surface area contributed by atoms with Gasteiger partial charge in [-0.1, -0.05) is 38.1 Å². The van der Waals surface area contributed by atoms with E-state index in [4.69, 9.17) is 4.74 Å². The first-order valence-corrected chi connectivity index (χ1v) is 7.30. The average Bonchev–Trinajstić information content (AvgIpc) is 2.44. The van der Waals surface area contributed by atoms with E-state index >= 15 is 0 Å². The predicted molar refractivity (Wildman–Crippen MR) is 81.3 cm³/mol. The third-order valence-corrected chi connectivity index (χ3v) is 3.25. The Morgan fingerprint density at radius 2 is 1.74 bits per heavy atom. The van der Waals surface area contributed by atoms with E-state index in [1.807, 2.05) is 0 Å². The molecule has 0 aliphatic carbocycles. The van der Waals surface area contributed by atoms with Gasteiger partial charge in [-0.25, -0.2) is 0 Å². The Kier molecular flexibility index (Phi) is 8.47. The predicted octanol–water partition coefficient (Wildman–Crippen LogP) is 2.65. The van der Waals surface area contributed by atoms with E-state index in [1.54, 1.807) is 7.11 Å². The molecule has 1 aromatic carbocycles. The standard InChI is InChI=1S/C16H28N2O/c1-4-11-18(5-2)12-10-17-13-15-6-8-16(9-7-15)14-19-3/h6-9,17H,4-5,10-14H2,1-3H3. The summed E-state index contributed by atoms with van der Waals surface area (Å²) < 4.78 is 5.11. The molecule has 0 amide bonds. The third-order valence-electron chi connectivity index (χ3n) is 3.25. The Hall–Kier alpha value is -0.900. The number of hydrogen-bond donors (Lipinski definition) is 1. The van der Waals surface area contributed by atoms with E-state index in [1.165, 1.54) is 24.1 Å². The SMILES string of the molecule is CCCN(CC)CCNCc1ccc(COC)cc1. The minimum atomic E-state index is 0.691. The lowest BCUT2D eigenvalue weighted by molar-refractivity contribution is 0.185. The first-order valence-electron chi connectivity index (χ1n) is 7.30. The number of nitrogens with one attached hydrogen (secondary N) is 1. The van der Waals surface area contributed by atoms with Crippen LogP contribution >= 0.6 is 0 Å². The molecule has 0 fully saturated rings. The quantitative estimate of drug-likeness (QED) is 0.658. The van der Waals surface area contributed by atoms with Crippen LogP contribution in [0, 0.1) is 0 Å². The molecule has 0 heterocycles. The number of ether oxygens (including phenoxy) is 1. The number of benzene rings is 1. The lowest BCUT2D eigenvalue weighted by Gasteiger charge is -2.19. The van der Waals surface area contributed by atoms with Crippen molar-refractivity contribution < 1.29 is 4.74 Å². The minimum Gasteiger partial charge on any atom is -0.380 e. The van der Waals surface area contributed by atoms with Gasteiger partial charge in [0.05, 0.1) is 6.61 Å². The van der Waals surface area contributed by atoms with Crippen LogP contribution in [-0.2, 0) is 17.9 Å². The molecule has 0 saturated heterocycles. The highest BCUT2D eigenvalue weighted by Crippen LogP contribution is 2.05. The highest BCUT2D eigenvalue weighted by Gasteiger charge is 2.00. The van der Waals surface area contributed by atoms with Crippen LogP contribution in [0.2, 0.25) is 0 Å². The summed E-state index contributed by atoms with van der Waals surface area (Å²) >= 11 is 0. The van der Waals surface area contributed by atoms with E-state index < -0.39 is 0 Å². The van der Waals surface area contributed by atoms with Crippen LogP contribution in [0.4, 0.5) is 0 Å². The fourth-order valence-electron chi connectivity index (χ4n) is 2.13. The van der Waals surface area contributed by atoms with Gasteiger partial charge in [0.25, 0.3) is 0 Å². The maximum absolute atomic E-state index is 5.11. The molecule has 0 bridgehead atoms. The van der Waals surface area contributed by atoms with Crippen LogP contribution in [-0.4, -0.2) is 38.2 Å². The third kappa shape index (κ3) is 6.71. The van der Waals surface area contributed by atoms with Gasteiger partial charge in [0.1, 0.15) is 0 Å². The van der Waals surface area contributed by atoms with Gasteiger partial charge < -0.3 is 15.0 Å². The van der Waals surface area contributed by atoms with Gasteiger partial charge in [0, 0.05) is 26.7 Å². The first-order chi connectivity index (χ1) is 9.30. The molecule has 1 N–H and O–H groups in total. The van der Waals surface area contributed by atoms with Gasteiger partial charge in [0.2, 0.25) is 0 Å². The monoisotopic (exact) mass is 264 g/mol. The van der Waals surface area contributed by atoms with Crippen molar-refractivity contribution in [3.05, 3.63) is 35.4 Å². The molecule has 0 saturated carbocycles. The molecule has 3 nitrogen and oxygen atoms in total. The van der Waals surface area contributed by atoms with Crippen LogP contribution < -0.4 is 5.32 Å². The number of likely N-dealkylation sites (N-methyl/N-ethyl adjacent to an activating group) is 1. The van der Waals surface area contributed by atoms with Crippen LogP contribution in [0.3, 0.4) is 0 Å². The molecule has 0 aliphatic heterocycles. The van der Waals surface area contributed by atoms with Crippen molar-refractivity contribution in [3.8, 4) is 0 Å². The molecule has 1 rings (SSSR count). The Labute approximate surface area is 118 Å². The first kappa shape index (κ1) is 16.2. The van der Waals surface area contributed by atoms with Crippen molar-refractivity contribution >= 4 is 0 Å². The highest BCUT2D eigenvalue weighted by atomic mass is 16.5. The number of rotatable bonds is 10. The van der Waals surface area contributed by atoms with Crippen molar-refractivity contribution in [3.63, 3.8) is 0 Å². The van der Waals surface area contributed by atoms with Gasteiger partial charge in [0.15, 0.2) is 0 Å². The largest absolute Gasteiger partial charge is 0.380 e. The average molecular weight is 264 g/mol. The summed E-state index contributed by atoms with van der Waals surface area (Å²) in [4.78, 5) is 2.48. The van der Waals surface area contributed by atoms with Crippen LogP contribution in [0.5, 0.6) is 0 Å². The lowest BCUT2D eigenvalue weighted by Crippen LogP contribution is -2.32. The van der Waals surface area contributed by atoms with Crippen molar-refractivity contribution in [1.29, 1.82) is 0 Å². The Morgan fingerprint density at radius 3 is 2.32 bits per heavy atom. The summed E-state index contributed by atoms with van der Waals surface area (Å²) in [6.07, 6.45) is 1.23. The number of nitrogens with zero attached hydrogens (tertiary/aromatic N) is 1. The molecule has 3 heteroatoms. The zero-order valence-electron chi connectivity index (χ0n) is 12.6. The lowest BCUT2D eigenvalue weighted by atomic mass is 10.1. The summed E-state index contributed by atoms with van der Waals surface area (Å²) in [6, 6.07) is 8.61. The maximum Gasteiger partial charge on any atom is 0.0713 e. The maximum atomic E-state index is 5.11. The molecule has 0 aliphatic rings. The van der Waals surface area contributed by atoms with E-state index in [-0.39, 0.29) is 0 Å². The molecular formula is C16H28N2O. The van der Waals surface area contributed by atoms with Gasteiger partial charge >= 0.3 is 0 Å². The Morgan fingerprint density at radius 1 is 1.05 bits per heavy atom. The molecular weight excluding hydrogens is 236 g/mol. The molecule has 0 atom stereocenters. The normalized spacial score (nSPS) is 11.2. The van der Waals surface area contributed by atoms with Crippen molar-refractivity contribution in [2.24, 2.45) is 0 Å². The fourth-order valence-corrected chi connectivity index (χ4v) is 2.13. The summed E-state index contributed by atoms with van der Waals surface area (Å²) in [6.45, 7) is 10.6. The molecule has 0 unspecified atom stereocenters. The van der Waals surface area contributed by atoms with Gasteiger partial charge in [-0.15, -0.1) is 0 Å². The zero-order chi connectivity index (χ0) is 13.9. The smallest absolute Gasteiger partial charge is 0.0713 e. The van der Waals surface area contributed by atoms with E-state index in [2.05, 4.69) is 48.3 Å². The van der Waals surface area contributed by atoms with E-state index in [9.17, 15) is 0 Å². The summed E-state index contributed by atoms with van der Waals surface area (Å²) in [5, 5.41) is 3.50. The number of methoxy groups -OCH3 is 1. The van der Waals surface area contributed by atoms with Crippen molar-refractivity contribution in [2.75, 3.05) is 33.3 Å². The van der Waals surface area contributed by atoms with Gasteiger partial charge in [-0.3, -0.25) is 0 Å². The molecule has 108 valence electrons. The van der Waals surface area contributed by atoms with Crippen molar-refractivity contribution in [1.82, 2.24) is 10.2 Å². The van der Waals surface area contributed by atoms with Gasteiger partial charge in [-0.05, 0) is 30.6 Å². The molecule has 0 radical (unpaired) electrons. The second-order valence-electron chi connectivity index (χ2n) is 4.86. The van der Waals surface area contributed by atoms with Crippen LogP contribution in [0.25, 0.3) is 0 Å². The molecule has 0 aromatic heterocycles. The summed E-state index contributed by atoms with van der Waals surface area (Å²) in [5.41, 5.74) is 2.56. The minimum absolute atomic E-state index is 0.691. The highest BCUT2D eigenvalue weighted by molar-refractivity contribution is 5.21. The second-order valence-corrected chi connectivity index (χ2v) is 4.86. The van der Waals surface area contributed by atoms with Crippen LogP contribution in [0.1, 0.15) is 31.4 Å². The van der Waals surface area contributed by atoms with Gasteiger partial charge in [-0.2, -0.15) is 0 Å². The number of hydrogen-bond acceptors (Lipinski definition) is 3. The second kappa shape index (κ2) is 9.96. The Balaban J connectivity index is 2.21.